The molecule has 9 heteroatoms. The molecule has 0 heterocycles. The van der Waals surface area contributed by atoms with Crippen LogP contribution in [0.15, 0.2) is 182 Å². The number of aliphatic hydroxyl groups is 6. The van der Waals surface area contributed by atoms with Crippen LogP contribution in [0, 0.1) is 0 Å². The van der Waals surface area contributed by atoms with Gasteiger partial charge in [0.05, 0.1) is 0 Å². The van der Waals surface area contributed by atoms with E-state index in [-0.39, 0.29) is 38.5 Å². The number of hydrogen-bond acceptors (Lipinski definition) is 9. The van der Waals surface area contributed by atoms with E-state index in [1.54, 1.807) is 18.2 Å². The Kier molecular flexibility index (Phi) is 44.7. The Labute approximate surface area is 434 Å². The van der Waals surface area contributed by atoms with Crippen LogP contribution in [0.1, 0.15) is 156 Å². The normalized spacial score (nSPS) is 16.5. The van der Waals surface area contributed by atoms with Crippen LogP contribution in [0.25, 0.3) is 0 Å². The molecule has 0 fully saturated rings. The maximum Gasteiger partial charge on any atom is 0.199 e. The van der Waals surface area contributed by atoms with Crippen LogP contribution in [0.4, 0.5) is 0 Å². The van der Waals surface area contributed by atoms with E-state index in [1.807, 2.05) is 54.7 Å². The average Bonchev–Trinajstić information content (AvgIpc) is 3.38. The third kappa shape index (κ3) is 35.1. The first kappa shape index (κ1) is 66.9. The molecule has 0 aromatic carbocycles. The van der Waals surface area contributed by atoms with Gasteiger partial charge in [-0.2, -0.15) is 0 Å². The van der Waals surface area contributed by atoms with Gasteiger partial charge in [0, 0.05) is 0 Å². The molecule has 398 valence electrons. The first-order valence-corrected chi connectivity index (χ1v) is 26.5. The number of hydrogen-bond donors (Lipinski definition) is 6. The van der Waals surface area contributed by atoms with Crippen molar-refractivity contribution >= 4 is 17.3 Å². The zero-order valence-electron chi connectivity index (χ0n) is 44.0. The molecule has 0 saturated heterocycles. The fraction of sp³-hybridized carbons (Fsp3) is 0.476. The highest BCUT2D eigenvalue weighted by Gasteiger charge is 2.57. The number of allylic oxidation sites excluding steroid dienone is 30. The van der Waals surface area contributed by atoms with Gasteiger partial charge in [-0.3, -0.25) is 14.4 Å². The van der Waals surface area contributed by atoms with Crippen LogP contribution in [0.2, 0.25) is 0 Å². The van der Waals surface area contributed by atoms with Crippen molar-refractivity contribution in [1.82, 2.24) is 0 Å². The van der Waals surface area contributed by atoms with Gasteiger partial charge in [0.2, 0.25) is 0 Å². The number of rotatable bonds is 44. The largest absolute Gasteiger partial charge is 0.385 e. The Hall–Kier alpha value is -5.13. The Morgan fingerprint density at radius 2 is 0.486 bits per heavy atom. The van der Waals surface area contributed by atoms with Crippen LogP contribution in [0.3, 0.4) is 0 Å². The molecule has 0 aliphatic rings. The van der Waals surface area contributed by atoms with E-state index in [9.17, 15) is 45.0 Å². The molecule has 9 nitrogen and oxygen atoms in total. The molecule has 0 aliphatic heterocycles. The third-order valence-electron chi connectivity index (χ3n) is 11.0. The molecule has 5 unspecified atom stereocenters. The lowest BCUT2D eigenvalue weighted by atomic mass is 9.77. The Balaban J connectivity index is 5.54. The average molecular weight is 993 g/mol. The van der Waals surface area contributed by atoms with Gasteiger partial charge >= 0.3 is 0 Å². The Bertz CT molecular complexity index is 1790. The van der Waals surface area contributed by atoms with Gasteiger partial charge in [-0.15, -0.1) is 0 Å². The summed E-state index contributed by atoms with van der Waals surface area (Å²) in [5, 5.41) is 66.6. The molecule has 0 amide bonds. The van der Waals surface area contributed by atoms with Gasteiger partial charge in [-0.1, -0.05) is 203 Å². The predicted octanol–water partition coefficient (Wildman–Crippen LogP) is 12.8. The minimum Gasteiger partial charge on any atom is -0.385 e. The van der Waals surface area contributed by atoms with Crippen LogP contribution in [-0.4, -0.2) is 84.1 Å². The van der Waals surface area contributed by atoms with Crippen molar-refractivity contribution in [1.29, 1.82) is 0 Å². The van der Waals surface area contributed by atoms with Gasteiger partial charge in [0.1, 0.15) is 18.3 Å². The van der Waals surface area contributed by atoms with E-state index in [0.29, 0.717) is 19.3 Å². The SMILES string of the molecule is CC/C=C/C/C=C/C/C=C/C/C=C/C/C=C/CCC(O)C(=O)C(O)C(O)(C(=O)C(O)CC/C=C/C/C=C/C/C=C/C/C=C/C/C=C/CC)C(O)C(=O)C(O)CC/C=C/C/C=C/C/C=C/C/C=C/C/C=C/CC. The molecule has 0 spiro atoms. The number of carbonyl (C=O) groups excluding carboxylic acids is 3. The lowest BCUT2D eigenvalue weighted by Gasteiger charge is -2.36. The maximum absolute atomic E-state index is 13.7. The summed E-state index contributed by atoms with van der Waals surface area (Å²) in [4.78, 5) is 40.5. The Morgan fingerprint density at radius 1 is 0.306 bits per heavy atom. The highest BCUT2D eigenvalue weighted by atomic mass is 16.4. The lowest BCUT2D eigenvalue weighted by Crippen LogP contribution is -2.67. The molecule has 72 heavy (non-hydrogen) atoms. The predicted molar refractivity (Wildman–Crippen MR) is 301 cm³/mol. The zero-order chi connectivity index (χ0) is 53.2. The van der Waals surface area contributed by atoms with Crippen LogP contribution in [-0.2, 0) is 14.4 Å². The van der Waals surface area contributed by atoms with Crippen LogP contribution < -0.4 is 0 Å². The van der Waals surface area contributed by atoms with Gasteiger partial charge in [-0.05, 0) is 135 Å². The van der Waals surface area contributed by atoms with E-state index < -0.39 is 53.5 Å². The number of aliphatic hydroxyl groups excluding tert-OH is 5. The zero-order valence-corrected chi connectivity index (χ0v) is 44.0. The summed E-state index contributed by atoms with van der Waals surface area (Å²) in [6, 6.07) is 0. The fourth-order valence-corrected chi connectivity index (χ4v) is 6.77. The van der Waals surface area contributed by atoms with Crippen molar-refractivity contribution in [3.63, 3.8) is 0 Å². The summed E-state index contributed by atoms with van der Waals surface area (Å²) in [7, 11) is 0. The highest BCUT2D eigenvalue weighted by molar-refractivity contribution is 6.04. The Morgan fingerprint density at radius 3 is 0.694 bits per heavy atom. The summed E-state index contributed by atoms with van der Waals surface area (Å²) < 4.78 is 0. The van der Waals surface area contributed by atoms with Gasteiger partial charge in [0.25, 0.3) is 0 Å². The van der Waals surface area contributed by atoms with Gasteiger partial charge in [0.15, 0.2) is 35.2 Å². The van der Waals surface area contributed by atoms with Crippen molar-refractivity contribution < 1.29 is 45.0 Å². The minimum atomic E-state index is -3.56. The van der Waals surface area contributed by atoms with E-state index in [0.717, 1.165) is 77.0 Å². The molecular weight excluding hydrogens is 901 g/mol. The maximum atomic E-state index is 13.7. The van der Waals surface area contributed by atoms with Crippen LogP contribution in [0.5, 0.6) is 0 Å². The molecule has 0 aliphatic carbocycles. The molecular formula is C63H92O9. The summed E-state index contributed by atoms with van der Waals surface area (Å²) >= 11 is 0. The standard InChI is InChI=1S/C63H92O9/c1-4-7-10-13-16-19-22-25-28-31-34-37-40-43-46-49-52-55(64)58(67)61(70)63(72,60(69)57(66)54-51-48-45-42-39-36-33-30-27-24-21-18-15-12-9-6-3)62(71)59(68)56(65)53-50-47-44-41-38-35-32-29-26-23-20-17-14-11-8-5-2/h7-12,16-21,25-30,34-39,43-48,55-57,61-62,64-66,70-72H,4-6,13-15,22-24,31-33,40-42,49-54H2,1-3H3/b10-7+,11-8+,12-9+,19-16+,20-17+,21-18+,28-25+,29-26+,30-27+,37-34+,38-35+,39-36+,46-43+,47-44+,48-45+. The van der Waals surface area contributed by atoms with E-state index >= 15 is 0 Å². The van der Waals surface area contributed by atoms with Gasteiger partial charge in [-0.25, -0.2) is 0 Å². The lowest BCUT2D eigenvalue weighted by molar-refractivity contribution is -0.191. The first-order valence-electron chi connectivity index (χ1n) is 26.5. The van der Waals surface area contributed by atoms with E-state index in [4.69, 9.17) is 0 Å². The third-order valence-corrected chi connectivity index (χ3v) is 11.0. The smallest absolute Gasteiger partial charge is 0.199 e. The molecule has 6 N–H and O–H groups in total. The second-order valence-corrected chi connectivity index (χ2v) is 17.2. The van der Waals surface area contributed by atoms with Crippen molar-refractivity contribution in [2.75, 3.05) is 0 Å². The monoisotopic (exact) mass is 993 g/mol. The molecule has 0 saturated carbocycles. The molecule has 0 bridgehead atoms. The van der Waals surface area contributed by atoms with Crippen molar-refractivity contribution in [2.45, 2.75) is 192 Å². The van der Waals surface area contributed by atoms with Crippen molar-refractivity contribution in [3.05, 3.63) is 182 Å². The summed E-state index contributed by atoms with van der Waals surface area (Å²) in [6.07, 6.45) is 61.9. The molecule has 0 rings (SSSR count). The number of Topliss-reactive ketones (excluding diaryl/α,β-unsaturated/α-hetero) is 3. The number of ketones is 3. The summed E-state index contributed by atoms with van der Waals surface area (Å²) in [5.74, 6) is -4.40. The van der Waals surface area contributed by atoms with E-state index in [1.165, 1.54) is 0 Å². The van der Waals surface area contributed by atoms with E-state index in [2.05, 4.69) is 130 Å². The van der Waals surface area contributed by atoms with Gasteiger partial charge < -0.3 is 30.6 Å². The topological polar surface area (TPSA) is 173 Å². The number of carbonyl (C=O) groups is 3. The minimum absolute atomic E-state index is 0.149. The summed E-state index contributed by atoms with van der Waals surface area (Å²) in [6.45, 7) is 6.32. The highest BCUT2D eigenvalue weighted by Crippen LogP contribution is 2.26. The first-order chi connectivity index (χ1) is 35.0. The molecule has 0 aromatic heterocycles. The van der Waals surface area contributed by atoms with Crippen LogP contribution >= 0.6 is 0 Å². The fourth-order valence-electron chi connectivity index (χ4n) is 6.77. The summed E-state index contributed by atoms with van der Waals surface area (Å²) in [5.41, 5.74) is -3.56. The second-order valence-electron chi connectivity index (χ2n) is 17.2. The molecule has 0 radical (unpaired) electrons. The second kappa shape index (κ2) is 48.2. The molecule has 5 atom stereocenters. The molecule has 0 aromatic rings. The van der Waals surface area contributed by atoms with Crippen molar-refractivity contribution in [2.24, 2.45) is 0 Å². The quantitative estimate of drug-likeness (QED) is 0.0325. The van der Waals surface area contributed by atoms with Crippen molar-refractivity contribution in [3.8, 4) is 0 Å².